The van der Waals surface area contributed by atoms with Gasteiger partial charge in [0.2, 0.25) is 0 Å². The van der Waals surface area contributed by atoms with Gasteiger partial charge >= 0.3 is 0 Å². The Labute approximate surface area is 112 Å². The highest BCUT2D eigenvalue weighted by Gasteiger charge is 2.33. The Hall–Kier alpha value is -0.540. The highest BCUT2D eigenvalue weighted by molar-refractivity contribution is 9.10. The summed E-state index contributed by atoms with van der Waals surface area (Å²) in [6.07, 6.45) is 0.855. The maximum atomic E-state index is 6.26. The van der Waals surface area contributed by atoms with E-state index in [2.05, 4.69) is 55.8 Å². The van der Waals surface area contributed by atoms with Crippen molar-refractivity contribution >= 4 is 15.9 Å². The van der Waals surface area contributed by atoms with Crippen molar-refractivity contribution in [3.8, 4) is 5.75 Å². The van der Waals surface area contributed by atoms with E-state index < -0.39 is 0 Å². The van der Waals surface area contributed by atoms with Gasteiger partial charge in [-0.1, -0.05) is 29.8 Å². The molecule has 0 saturated carbocycles. The average molecular weight is 298 g/mol. The predicted molar refractivity (Wildman–Crippen MR) is 74.5 cm³/mol. The molecule has 0 fully saturated rings. The first-order chi connectivity index (χ1) is 7.80. The summed E-state index contributed by atoms with van der Waals surface area (Å²) in [6, 6.07) is 4.28. The van der Waals surface area contributed by atoms with Crippen molar-refractivity contribution in [3.63, 3.8) is 0 Å². The topological polar surface area (TPSA) is 35.2 Å². The molecule has 2 nitrogen and oxygen atoms in total. The zero-order chi connectivity index (χ0) is 12.8. The van der Waals surface area contributed by atoms with Crippen LogP contribution in [0.2, 0.25) is 0 Å². The maximum absolute atomic E-state index is 6.26. The zero-order valence-electron chi connectivity index (χ0n) is 10.9. The highest BCUT2D eigenvalue weighted by Crippen LogP contribution is 2.44. The second-order valence-corrected chi connectivity index (χ2v) is 6.66. The van der Waals surface area contributed by atoms with Crippen LogP contribution in [-0.4, -0.2) is 5.60 Å². The molecule has 94 valence electrons. The van der Waals surface area contributed by atoms with E-state index in [-0.39, 0.29) is 11.6 Å². The van der Waals surface area contributed by atoms with Crippen LogP contribution < -0.4 is 10.5 Å². The second kappa shape index (κ2) is 4.29. The summed E-state index contributed by atoms with van der Waals surface area (Å²) in [7, 11) is 0. The van der Waals surface area contributed by atoms with Crippen LogP contribution in [0, 0.1) is 0 Å². The van der Waals surface area contributed by atoms with Gasteiger partial charge in [0.25, 0.3) is 0 Å². The third kappa shape index (κ3) is 2.50. The van der Waals surface area contributed by atoms with Crippen molar-refractivity contribution in [3.05, 3.63) is 27.7 Å². The molecule has 0 amide bonds. The fourth-order valence-corrected chi connectivity index (χ4v) is 2.91. The Morgan fingerprint density at radius 2 is 2.06 bits per heavy atom. The van der Waals surface area contributed by atoms with Crippen molar-refractivity contribution in [1.82, 2.24) is 0 Å². The van der Waals surface area contributed by atoms with Crippen LogP contribution in [0.4, 0.5) is 0 Å². The highest BCUT2D eigenvalue weighted by atomic mass is 79.9. The number of hydrogen-bond acceptors (Lipinski definition) is 2. The molecule has 0 spiro atoms. The summed E-state index contributed by atoms with van der Waals surface area (Å²) in [5, 5.41) is 0. The van der Waals surface area contributed by atoms with E-state index in [4.69, 9.17) is 10.5 Å². The van der Waals surface area contributed by atoms with Crippen molar-refractivity contribution < 1.29 is 4.74 Å². The van der Waals surface area contributed by atoms with Gasteiger partial charge in [-0.25, -0.2) is 0 Å². The summed E-state index contributed by atoms with van der Waals surface area (Å²) in [4.78, 5) is 0. The molecular weight excluding hydrogens is 278 g/mol. The largest absolute Gasteiger partial charge is 0.487 e. The molecule has 1 aromatic carbocycles. The normalized spacial score (nSPS) is 22.2. The number of rotatable bonds is 1. The van der Waals surface area contributed by atoms with E-state index >= 15 is 0 Å². The molecule has 2 N–H and O–H groups in total. The van der Waals surface area contributed by atoms with Gasteiger partial charge < -0.3 is 10.5 Å². The van der Waals surface area contributed by atoms with Gasteiger partial charge in [-0.15, -0.1) is 0 Å². The van der Waals surface area contributed by atoms with Crippen molar-refractivity contribution in [2.24, 2.45) is 5.73 Å². The van der Waals surface area contributed by atoms with Gasteiger partial charge in [0.15, 0.2) is 0 Å². The van der Waals surface area contributed by atoms with Crippen LogP contribution in [0.1, 0.15) is 57.2 Å². The molecule has 1 aliphatic rings. The molecule has 1 aromatic rings. The monoisotopic (exact) mass is 297 g/mol. The quantitative estimate of drug-likeness (QED) is 0.846. The predicted octanol–water partition coefficient (Wildman–Crippen LogP) is 4.13. The fourth-order valence-electron chi connectivity index (χ4n) is 2.42. The summed E-state index contributed by atoms with van der Waals surface area (Å²) in [6.45, 7) is 8.56. The van der Waals surface area contributed by atoms with Gasteiger partial charge in [0.1, 0.15) is 11.4 Å². The maximum Gasteiger partial charge on any atom is 0.128 e. The lowest BCUT2D eigenvalue weighted by atomic mass is 9.87. The zero-order valence-corrected chi connectivity index (χ0v) is 12.5. The van der Waals surface area contributed by atoms with Crippen LogP contribution in [-0.2, 0) is 0 Å². The van der Waals surface area contributed by atoms with E-state index in [0.29, 0.717) is 5.92 Å². The number of nitrogens with two attached hydrogens (primary N) is 1. The third-order valence-electron chi connectivity index (χ3n) is 3.22. The van der Waals surface area contributed by atoms with Crippen LogP contribution >= 0.6 is 15.9 Å². The molecule has 17 heavy (non-hydrogen) atoms. The fraction of sp³-hybridized carbons (Fsp3) is 0.571. The molecular formula is C14H20BrNO. The minimum atomic E-state index is -0.177. The summed E-state index contributed by atoms with van der Waals surface area (Å²) in [5.74, 6) is 1.43. The lowest BCUT2D eigenvalue weighted by Gasteiger charge is -2.38. The van der Waals surface area contributed by atoms with Crippen molar-refractivity contribution in [1.29, 1.82) is 0 Å². The van der Waals surface area contributed by atoms with Crippen LogP contribution in [0.5, 0.6) is 5.75 Å². The van der Waals surface area contributed by atoms with Gasteiger partial charge in [-0.2, -0.15) is 0 Å². The third-order valence-corrected chi connectivity index (χ3v) is 3.68. The Kier molecular flexibility index (Phi) is 3.25. The Morgan fingerprint density at radius 3 is 2.65 bits per heavy atom. The Balaban J connectivity index is 2.59. The van der Waals surface area contributed by atoms with Crippen LogP contribution in [0.3, 0.4) is 0 Å². The van der Waals surface area contributed by atoms with Crippen LogP contribution in [0.15, 0.2) is 16.6 Å². The molecule has 1 aliphatic heterocycles. The molecule has 0 bridgehead atoms. The van der Waals surface area contributed by atoms with Gasteiger partial charge in [-0.05, 0) is 37.5 Å². The molecule has 0 saturated heterocycles. The first-order valence-electron chi connectivity index (χ1n) is 6.08. The Bertz CT molecular complexity index is 423. The SMILES string of the molecule is CC(C)c1cc(Br)cc2c1OC(C)(C)CC2N. The number of benzene rings is 1. The van der Waals surface area contributed by atoms with E-state index in [9.17, 15) is 0 Å². The van der Waals surface area contributed by atoms with E-state index in [1.165, 1.54) is 5.56 Å². The molecule has 1 unspecified atom stereocenters. The Morgan fingerprint density at radius 1 is 1.41 bits per heavy atom. The summed E-state index contributed by atoms with van der Waals surface area (Å²) < 4.78 is 7.22. The molecule has 1 heterocycles. The van der Waals surface area contributed by atoms with E-state index in [1.807, 2.05) is 0 Å². The molecule has 1 atom stereocenters. The molecule has 2 rings (SSSR count). The lowest BCUT2D eigenvalue weighted by molar-refractivity contribution is 0.0712. The smallest absolute Gasteiger partial charge is 0.128 e. The van der Waals surface area contributed by atoms with Gasteiger partial charge in [-0.3, -0.25) is 0 Å². The first kappa shape index (κ1) is 12.9. The molecule has 0 radical (unpaired) electrons. The molecule has 0 aliphatic carbocycles. The summed E-state index contributed by atoms with van der Waals surface area (Å²) in [5.41, 5.74) is 8.44. The molecule has 3 heteroatoms. The van der Waals surface area contributed by atoms with E-state index in [0.717, 1.165) is 22.2 Å². The van der Waals surface area contributed by atoms with Crippen molar-refractivity contribution in [2.45, 2.75) is 51.7 Å². The van der Waals surface area contributed by atoms with Gasteiger partial charge in [0, 0.05) is 22.5 Å². The standard InChI is InChI=1S/C14H20BrNO/c1-8(2)10-5-9(15)6-11-12(16)7-14(3,4)17-13(10)11/h5-6,8,12H,7,16H2,1-4H3. The molecule has 0 aromatic heterocycles. The van der Waals surface area contributed by atoms with Crippen LogP contribution in [0.25, 0.3) is 0 Å². The number of ether oxygens (including phenoxy) is 1. The second-order valence-electron chi connectivity index (χ2n) is 5.74. The van der Waals surface area contributed by atoms with Gasteiger partial charge in [0.05, 0.1) is 0 Å². The first-order valence-corrected chi connectivity index (χ1v) is 6.87. The number of hydrogen-bond donors (Lipinski definition) is 1. The van der Waals surface area contributed by atoms with E-state index in [1.54, 1.807) is 0 Å². The lowest BCUT2D eigenvalue weighted by Crippen LogP contribution is -2.38. The van der Waals surface area contributed by atoms with Crippen molar-refractivity contribution in [2.75, 3.05) is 0 Å². The number of halogens is 1. The minimum absolute atomic E-state index is 0.0590. The average Bonchev–Trinajstić information content (AvgIpc) is 2.17. The summed E-state index contributed by atoms with van der Waals surface area (Å²) >= 11 is 3.55. The number of fused-ring (bicyclic) bond motifs is 1. The minimum Gasteiger partial charge on any atom is -0.487 e.